The zero-order valence-corrected chi connectivity index (χ0v) is 13.0. The van der Waals surface area contributed by atoms with Gasteiger partial charge in [0.1, 0.15) is 0 Å². The average molecular weight is 358 g/mol. The van der Waals surface area contributed by atoms with Crippen molar-refractivity contribution in [3.8, 4) is 5.69 Å². The number of alkyl halides is 1. The van der Waals surface area contributed by atoms with Gasteiger partial charge in [-0.25, -0.2) is 4.68 Å². The molecule has 1 aromatic carbocycles. The fourth-order valence-corrected chi connectivity index (χ4v) is 2.56. The molecule has 0 unspecified atom stereocenters. The molecule has 0 fully saturated rings. The Morgan fingerprint density at radius 2 is 2.06 bits per heavy atom. The number of rotatable bonds is 3. The molecule has 0 atom stereocenters. The van der Waals surface area contributed by atoms with Gasteiger partial charge in [0.25, 0.3) is 0 Å². The van der Waals surface area contributed by atoms with Crippen molar-refractivity contribution in [2.75, 3.05) is 0 Å². The summed E-state index contributed by atoms with van der Waals surface area (Å²) in [5, 5.41) is 5.43. The molecule has 17 heavy (non-hydrogen) atoms. The molecule has 0 aliphatic carbocycles. The number of hydrogen-bond acceptors (Lipinski definition) is 1. The van der Waals surface area contributed by atoms with Gasteiger partial charge in [0.05, 0.1) is 11.4 Å². The quantitative estimate of drug-likeness (QED) is 0.731. The van der Waals surface area contributed by atoms with Crippen LogP contribution in [-0.4, -0.2) is 9.78 Å². The third-order valence-corrected chi connectivity index (χ3v) is 3.90. The molecular weight excluding hydrogens is 344 g/mol. The van der Waals surface area contributed by atoms with Crippen LogP contribution >= 0.6 is 31.9 Å². The minimum atomic E-state index is 0.455. The number of aromatic nitrogens is 2. The summed E-state index contributed by atoms with van der Waals surface area (Å²) in [7, 11) is 0. The van der Waals surface area contributed by atoms with Crippen molar-refractivity contribution < 1.29 is 0 Å². The molecule has 2 rings (SSSR count). The van der Waals surface area contributed by atoms with Gasteiger partial charge in [-0.1, -0.05) is 35.8 Å². The smallest absolute Gasteiger partial charge is 0.0787 e. The van der Waals surface area contributed by atoms with Crippen molar-refractivity contribution in [3.63, 3.8) is 0 Å². The summed E-state index contributed by atoms with van der Waals surface area (Å²) in [5.41, 5.74) is 3.43. The summed E-state index contributed by atoms with van der Waals surface area (Å²) in [4.78, 5) is 0. The van der Waals surface area contributed by atoms with Gasteiger partial charge in [-0.3, -0.25) is 0 Å². The Balaban J connectivity index is 2.38. The van der Waals surface area contributed by atoms with Gasteiger partial charge in [-0.2, -0.15) is 5.10 Å². The number of hydrogen-bond donors (Lipinski definition) is 0. The van der Waals surface area contributed by atoms with E-state index in [1.54, 1.807) is 0 Å². The molecular formula is C13H14Br2N2. The van der Waals surface area contributed by atoms with Crippen LogP contribution in [0.1, 0.15) is 31.0 Å². The Hall–Kier alpha value is -0.610. The average Bonchev–Trinajstić information content (AvgIpc) is 2.78. The van der Waals surface area contributed by atoms with E-state index in [-0.39, 0.29) is 0 Å². The molecule has 2 aromatic rings. The zero-order valence-electron chi connectivity index (χ0n) is 9.82. The number of benzene rings is 1. The van der Waals surface area contributed by atoms with Crippen molar-refractivity contribution >= 4 is 31.9 Å². The topological polar surface area (TPSA) is 17.8 Å². The van der Waals surface area contributed by atoms with Gasteiger partial charge >= 0.3 is 0 Å². The van der Waals surface area contributed by atoms with Gasteiger partial charge in [0.15, 0.2) is 0 Å². The van der Waals surface area contributed by atoms with Gasteiger partial charge in [0, 0.05) is 16.0 Å². The van der Waals surface area contributed by atoms with Crippen LogP contribution in [0.3, 0.4) is 0 Å². The zero-order chi connectivity index (χ0) is 12.4. The first-order chi connectivity index (χ1) is 8.11. The molecule has 1 heterocycles. The van der Waals surface area contributed by atoms with Gasteiger partial charge in [0.2, 0.25) is 0 Å². The summed E-state index contributed by atoms with van der Waals surface area (Å²) in [5.74, 6) is 0.455. The standard InChI is InChI=1S/C13H14Br2N2/c1-9(2)12-5-6-17(16-12)13-4-3-10(8-14)7-11(13)15/h3-7,9H,8H2,1-2H3. The van der Waals surface area contributed by atoms with E-state index in [9.17, 15) is 0 Å². The van der Waals surface area contributed by atoms with E-state index in [1.807, 2.05) is 10.9 Å². The van der Waals surface area contributed by atoms with Crippen LogP contribution in [0.2, 0.25) is 0 Å². The molecule has 0 saturated carbocycles. The molecule has 0 aliphatic rings. The van der Waals surface area contributed by atoms with Crippen LogP contribution in [0.15, 0.2) is 34.9 Å². The van der Waals surface area contributed by atoms with Crippen molar-refractivity contribution in [1.29, 1.82) is 0 Å². The van der Waals surface area contributed by atoms with E-state index >= 15 is 0 Å². The first-order valence-electron chi connectivity index (χ1n) is 5.52. The Morgan fingerprint density at radius 1 is 1.29 bits per heavy atom. The SMILES string of the molecule is CC(C)c1ccn(-c2ccc(CBr)cc2Br)n1. The molecule has 2 nitrogen and oxygen atoms in total. The summed E-state index contributed by atoms with van der Waals surface area (Å²) in [6, 6.07) is 8.36. The summed E-state index contributed by atoms with van der Waals surface area (Å²) in [6.07, 6.45) is 2.00. The maximum atomic E-state index is 4.57. The van der Waals surface area contributed by atoms with Gasteiger partial charge in [-0.15, -0.1) is 0 Å². The lowest BCUT2D eigenvalue weighted by atomic mass is 10.1. The molecule has 90 valence electrons. The molecule has 4 heteroatoms. The molecule has 0 N–H and O–H groups in total. The van der Waals surface area contributed by atoms with Crippen LogP contribution < -0.4 is 0 Å². The van der Waals surface area contributed by atoms with Crippen LogP contribution in [0.25, 0.3) is 5.69 Å². The predicted molar refractivity (Wildman–Crippen MR) is 78.0 cm³/mol. The normalized spacial score (nSPS) is 11.1. The maximum Gasteiger partial charge on any atom is 0.0787 e. The van der Waals surface area contributed by atoms with Crippen LogP contribution in [-0.2, 0) is 5.33 Å². The first kappa shape index (κ1) is 12.8. The minimum Gasteiger partial charge on any atom is -0.240 e. The van der Waals surface area contributed by atoms with E-state index in [2.05, 4.69) is 75.1 Å². The summed E-state index contributed by atoms with van der Waals surface area (Å²) in [6.45, 7) is 4.30. The highest BCUT2D eigenvalue weighted by Crippen LogP contribution is 2.24. The first-order valence-corrected chi connectivity index (χ1v) is 7.43. The lowest BCUT2D eigenvalue weighted by Gasteiger charge is -2.06. The van der Waals surface area contributed by atoms with E-state index in [1.165, 1.54) is 5.56 Å². The fraction of sp³-hybridized carbons (Fsp3) is 0.308. The van der Waals surface area contributed by atoms with Gasteiger partial charge < -0.3 is 0 Å². The Kier molecular flexibility index (Phi) is 4.05. The van der Waals surface area contributed by atoms with E-state index in [0.29, 0.717) is 5.92 Å². The van der Waals surface area contributed by atoms with E-state index < -0.39 is 0 Å². The highest BCUT2D eigenvalue weighted by Gasteiger charge is 2.07. The van der Waals surface area contributed by atoms with Crippen LogP contribution in [0.5, 0.6) is 0 Å². The molecule has 0 bridgehead atoms. The Labute approximate surface area is 118 Å². The lowest BCUT2D eigenvalue weighted by Crippen LogP contribution is -1.98. The molecule has 0 saturated heterocycles. The Morgan fingerprint density at radius 3 is 2.59 bits per heavy atom. The van der Waals surface area contributed by atoms with E-state index in [0.717, 1.165) is 21.2 Å². The molecule has 1 aromatic heterocycles. The molecule has 0 amide bonds. The number of nitrogens with zero attached hydrogens (tertiary/aromatic N) is 2. The summed E-state index contributed by atoms with van der Waals surface area (Å²) >= 11 is 7.04. The van der Waals surface area contributed by atoms with Crippen LogP contribution in [0.4, 0.5) is 0 Å². The predicted octanol–water partition coefficient (Wildman–Crippen LogP) is 4.65. The third kappa shape index (κ3) is 2.80. The number of halogens is 2. The van der Waals surface area contributed by atoms with E-state index in [4.69, 9.17) is 0 Å². The second kappa shape index (κ2) is 5.36. The highest BCUT2D eigenvalue weighted by atomic mass is 79.9. The second-order valence-corrected chi connectivity index (χ2v) is 5.67. The monoisotopic (exact) mass is 356 g/mol. The Bertz CT molecular complexity index is 518. The lowest BCUT2D eigenvalue weighted by molar-refractivity contribution is 0.767. The largest absolute Gasteiger partial charge is 0.240 e. The maximum absolute atomic E-state index is 4.57. The second-order valence-electron chi connectivity index (χ2n) is 4.26. The fourth-order valence-electron chi connectivity index (χ4n) is 1.60. The van der Waals surface area contributed by atoms with Crippen molar-refractivity contribution in [2.45, 2.75) is 25.1 Å². The van der Waals surface area contributed by atoms with Crippen molar-refractivity contribution in [1.82, 2.24) is 9.78 Å². The van der Waals surface area contributed by atoms with Crippen molar-refractivity contribution in [3.05, 3.63) is 46.2 Å². The van der Waals surface area contributed by atoms with Crippen molar-refractivity contribution in [2.24, 2.45) is 0 Å². The molecule has 0 radical (unpaired) electrons. The summed E-state index contributed by atoms with van der Waals surface area (Å²) < 4.78 is 2.98. The third-order valence-electron chi connectivity index (χ3n) is 2.61. The molecule has 0 aliphatic heterocycles. The highest BCUT2D eigenvalue weighted by molar-refractivity contribution is 9.10. The van der Waals surface area contributed by atoms with Crippen LogP contribution in [0, 0.1) is 0 Å². The van der Waals surface area contributed by atoms with Gasteiger partial charge in [-0.05, 0) is 45.6 Å². The minimum absolute atomic E-state index is 0.455. The molecule has 0 spiro atoms.